The van der Waals surface area contributed by atoms with Gasteiger partial charge in [0.15, 0.2) is 0 Å². The first kappa shape index (κ1) is 12.6. The maximum atomic E-state index is 6.99. The molecule has 0 amide bonds. The molecule has 11 heavy (non-hydrogen) atoms. The predicted molar refractivity (Wildman–Crippen MR) is 44.1 cm³/mol. The van der Waals surface area contributed by atoms with E-state index in [0.29, 0.717) is 6.54 Å². The molecule has 0 radical (unpaired) electrons. The predicted octanol–water partition coefficient (Wildman–Crippen LogP) is -1.08. The largest absolute Gasteiger partial charge is 1.00 e. The summed E-state index contributed by atoms with van der Waals surface area (Å²) in [4.78, 5) is 2.48. The van der Waals surface area contributed by atoms with Crippen molar-refractivity contribution in [3.63, 3.8) is 0 Å². The second-order valence-corrected chi connectivity index (χ2v) is 3.01. The van der Waals surface area contributed by atoms with Crippen LogP contribution in [0, 0.1) is 0 Å². The number of hydrogen-bond donors (Lipinski definition) is 0. The summed E-state index contributed by atoms with van der Waals surface area (Å²) in [6.45, 7) is 4.31. The van der Waals surface area contributed by atoms with Gasteiger partial charge in [0.1, 0.15) is 0 Å². The van der Waals surface area contributed by atoms with Gasteiger partial charge >= 0.3 is 51.4 Å². The molecular weight excluding hydrogens is 163 g/mol. The van der Waals surface area contributed by atoms with E-state index >= 15 is 0 Å². The molecule has 2 nitrogen and oxygen atoms in total. The number of hydrogen-bond acceptors (Lipinski definition) is 1. The number of rotatable bonds is 3. The van der Waals surface area contributed by atoms with Gasteiger partial charge in [0.2, 0.25) is 0 Å². The quantitative estimate of drug-likeness (QED) is 0.508. The smallest absolute Gasteiger partial charge is 0.677 e. The van der Waals surface area contributed by atoms with Crippen LogP contribution < -0.4 is 51.4 Å². The number of piperidine rings is 1. The zero-order chi connectivity index (χ0) is 7.23. The molecule has 3 heteroatoms. The molecule has 0 aromatic rings. The fourth-order valence-electron chi connectivity index (χ4n) is 1.49. The van der Waals surface area contributed by atoms with Crippen LogP contribution in [0.1, 0.15) is 25.7 Å². The van der Waals surface area contributed by atoms with Crippen LogP contribution in [0.25, 0.3) is 5.73 Å². The van der Waals surface area contributed by atoms with Gasteiger partial charge in [-0.1, -0.05) is 12.8 Å². The van der Waals surface area contributed by atoms with E-state index in [1.54, 1.807) is 0 Å². The average Bonchev–Trinajstić information content (AvgIpc) is 2.03. The Balaban J connectivity index is 0.000001000. The van der Waals surface area contributed by atoms with E-state index in [0.717, 1.165) is 13.0 Å². The molecule has 60 valence electrons. The Bertz CT molecular complexity index is 82.2. The van der Waals surface area contributed by atoms with Gasteiger partial charge in [0.05, 0.1) is 0 Å². The van der Waals surface area contributed by atoms with E-state index < -0.39 is 0 Å². The first-order valence-electron chi connectivity index (χ1n) is 4.30. The second kappa shape index (κ2) is 8.17. The minimum atomic E-state index is 0. The van der Waals surface area contributed by atoms with E-state index in [4.69, 9.17) is 5.73 Å². The molecular formula is C8H17KN2. The van der Waals surface area contributed by atoms with Crippen molar-refractivity contribution in [2.24, 2.45) is 0 Å². The van der Waals surface area contributed by atoms with Crippen LogP contribution in [-0.4, -0.2) is 31.1 Å². The fourth-order valence-corrected chi connectivity index (χ4v) is 1.49. The van der Waals surface area contributed by atoms with E-state index in [-0.39, 0.29) is 51.4 Å². The summed E-state index contributed by atoms with van der Waals surface area (Å²) in [5.74, 6) is 0. The monoisotopic (exact) mass is 180 g/mol. The second-order valence-electron chi connectivity index (χ2n) is 3.01. The van der Waals surface area contributed by atoms with Gasteiger partial charge in [-0.2, -0.15) is 0 Å². The van der Waals surface area contributed by atoms with Gasteiger partial charge in [-0.3, -0.25) is 0 Å². The summed E-state index contributed by atoms with van der Waals surface area (Å²) >= 11 is 0. The number of nitrogens with zero attached hydrogens (tertiary/aromatic N) is 1. The van der Waals surface area contributed by atoms with Crippen LogP contribution in [-0.2, 0) is 0 Å². The maximum absolute atomic E-state index is 6.99. The molecule has 1 fully saturated rings. The van der Waals surface area contributed by atoms with Crippen LogP contribution in [0.5, 0.6) is 0 Å². The minimum absolute atomic E-state index is 0. The van der Waals surface area contributed by atoms with Crippen molar-refractivity contribution >= 4 is 0 Å². The molecule has 0 aromatic heterocycles. The first-order valence-corrected chi connectivity index (χ1v) is 4.30. The van der Waals surface area contributed by atoms with Gasteiger partial charge in [0.25, 0.3) is 0 Å². The Morgan fingerprint density at radius 2 is 1.73 bits per heavy atom. The van der Waals surface area contributed by atoms with Crippen LogP contribution in [0.15, 0.2) is 0 Å². The Morgan fingerprint density at radius 3 is 2.27 bits per heavy atom. The molecule has 0 saturated carbocycles. The van der Waals surface area contributed by atoms with Crippen molar-refractivity contribution < 1.29 is 51.4 Å². The summed E-state index contributed by atoms with van der Waals surface area (Å²) in [6, 6.07) is 0. The van der Waals surface area contributed by atoms with Crippen molar-refractivity contribution in [1.82, 2.24) is 4.90 Å². The Morgan fingerprint density at radius 1 is 1.09 bits per heavy atom. The third-order valence-corrected chi connectivity index (χ3v) is 2.10. The minimum Gasteiger partial charge on any atom is -0.677 e. The summed E-state index contributed by atoms with van der Waals surface area (Å²) in [5, 5.41) is 0. The third-order valence-electron chi connectivity index (χ3n) is 2.10. The zero-order valence-electron chi connectivity index (χ0n) is 7.60. The SMILES string of the molecule is [K+].[NH-]CCCN1CCCCC1. The van der Waals surface area contributed by atoms with Gasteiger partial charge in [0, 0.05) is 0 Å². The Hall–Kier alpha value is 1.56. The molecule has 1 aliphatic rings. The van der Waals surface area contributed by atoms with Crippen LogP contribution in [0.4, 0.5) is 0 Å². The standard InChI is InChI=1S/C8H17N2.K/c9-5-4-8-10-6-2-1-3-7-10;/h9H,1-8H2;/q-1;+1. The molecule has 1 aliphatic heterocycles. The van der Waals surface area contributed by atoms with E-state index in [2.05, 4.69) is 4.90 Å². The molecule has 1 saturated heterocycles. The van der Waals surface area contributed by atoms with Crippen LogP contribution >= 0.6 is 0 Å². The van der Waals surface area contributed by atoms with Crippen LogP contribution in [0.3, 0.4) is 0 Å². The summed E-state index contributed by atoms with van der Waals surface area (Å²) < 4.78 is 0. The van der Waals surface area contributed by atoms with Crippen LogP contribution in [0.2, 0.25) is 0 Å². The summed E-state index contributed by atoms with van der Waals surface area (Å²) in [6.07, 6.45) is 5.22. The number of nitrogens with one attached hydrogen (secondary N) is 1. The molecule has 1 heterocycles. The van der Waals surface area contributed by atoms with Crippen molar-refractivity contribution in [1.29, 1.82) is 0 Å². The summed E-state index contributed by atoms with van der Waals surface area (Å²) in [5.41, 5.74) is 6.99. The van der Waals surface area contributed by atoms with Gasteiger partial charge in [-0.25, -0.2) is 0 Å². The third kappa shape index (κ3) is 5.74. The van der Waals surface area contributed by atoms with E-state index in [9.17, 15) is 0 Å². The normalized spacial score (nSPS) is 19.4. The Kier molecular flexibility index (Phi) is 9.32. The molecule has 1 N–H and O–H groups in total. The Labute approximate surface area is 112 Å². The molecule has 0 spiro atoms. The van der Waals surface area contributed by atoms with Crippen molar-refractivity contribution in [3.05, 3.63) is 5.73 Å². The van der Waals surface area contributed by atoms with Crippen molar-refractivity contribution in [2.75, 3.05) is 26.2 Å². The molecule has 1 rings (SSSR count). The molecule has 0 bridgehead atoms. The van der Waals surface area contributed by atoms with E-state index in [1.165, 1.54) is 32.4 Å². The van der Waals surface area contributed by atoms with Gasteiger partial charge in [-0.15, -0.1) is 6.54 Å². The van der Waals surface area contributed by atoms with Gasteiger partial charge < -0.3 is 10.6 Å². The maximum Gasteiger partial charge on any atom is 1.00 e. The molecule has 0 unspecified atom stereocenters. The number of likely N-dealkylation sites (tertiary alicyclic amines) is 1. The average molecular weight is 180 g/mol. The van der Waals surface area contributed by atoms with Crippen molar-refractivity contribution in [3.8, 4) is 0 Å². The van der Waals surface area contributed by atoms with Crippen molar-refractivity contribution in [2.45, 2.75) is 25.7 Å². The summed E-state index contributed by atoms with van der Waals surface area (Å²) in [7, 11) is 0. The van der Waals surface area contributed by atoms with Gasteiger partial charge in [-0.05, 0) is 32.5 Å². The molecule has 0 aromatic carbocycles. The van der Waals surface area contributed by atoms with E-state index in [1.807, 2.05) is 0 Å². The fraction of sp³-hybridized carbons (Fsp3) is 1.00. The molecule has 0 aliphatic carbocycles. The topological polar surface area (TPSA) is 27.0 Å². The zero-order valence-corrected chi connectivity index (χ0v) is 10.7. The molecule has 0 atom stereocenters. The first-order chi connectivity index (χ1) is 4.93.